The predicted octanol–water partition coefficient (Wildman–Crippen LogP) is 4.68. The molecule has 0 fully saturated rings. The number of amides is 1. The maximum atomic E-state index is 13.0. The van der Waals surface area contributed by atoms with Crippen LogP contribution in [0.15, 0.2) is 42.5 Å². The van der Waals surface area contributed by atoms with Crippen molar-refractivity contribution in [3.05, 3.63) is 64.4 Å². The van der Waals surface area contributed by atoms with Crippen LogP contribution in [0.25, 0.3) is 0 Å². The average Bonchev–Trinajstić information content (AvgIpc) is 2.42. The van der Waals surface area contributed by atoms with E-state index in [9.17, 15) is 22.4 Å². The van der Waals surface area contributed by atoms with Gasteiger partial charge < -0.3 is 5.32 Å². The Morgan fingerprint density at radius 3 is 2.27 bits per heavy atom. The fourth-order valence-corrected chi connectivity index (χ4v) is 1.96. The highest BCUT2D eigenvalue weighted by atomic mass is 35.5. The van der Waals surface area contributed by atoms with Crippen LogP contribution in [-0.2, 0) is 17.4 Å². The quantitative estimate of drug-likeness (QED) is 0.813. The molecule has 0 aromatic heterocycles. The number of nitrogens with one attached hydrogen (secondary N) is 1. The summed E-state index contributed by atoms with van der Waals surface area (Å²) < 4.78 is 50.2. The molecule has 0 unspecified atom stereocenters. The number of halogens is 5. The Balaban J connectivity index is 2.01. The minimum atomic E-state index is -4.41. The standard InChI is InChI=1S/C15H10ClF4NO/c16-12-8-11(5-6-13(12)17)21-14(22)7-9-1-3-10(4-2-9)15(18,19)20/h1-6,8H,7H2,(H,21,22). The number of carbonyl (C=O) groups excluding carboxylic acids is 1. The van der Waals surface area contributed by atoms with Crippen LogP contribution in [0.5, 0.6) is 0 Å². The second-order valence-electron chi connectivity index (χ2n) is 4.55. The molecule has 0 aliphatic rings. The van der Waals surface area contributed by atoms with Crippen LogP contribution in [0.3, 0.4) is 0 Å². The number of benzene rings is 2. The average molecular weight is 332 g/mol. The van der Waals surface area contributed by atoms with Gasteiger partial charge in [-0.15, -0.1) is 0 Å². The molecule has 1 N–H and O–H groups in total. The molecule has 0 aliphatic carbocycles. The third-order valence-electron chi connectivity index (χ3n) is 2.85. The van der Waals surface area contributed by atoms with Crippen LogP contribution < -0.4 is 5.32 Å². The van der Waals surface area contributed by atoms with E-state index >= 15 is 0 Å². The van der Waals surface area contributed by atoms with E-state index in [1.54, 1.807) is 0 Å². The van der Waals surface area contributed by atoms with Crippen molar-refractivity contribution in [2.45, 2.75) is 12.6 Å². The van der Waals surface area contributed by atoms with Crippen molar-refractivity contribution in [2.75, 3.05) is 5.32 Å². The number of carbonyl (C=O) groups is 1. The summed E-state index contributed by atoms with van der Waals surface area (Å²) in [4.78, 5) is 11.8. The van der Waals surface area contributed by atoms with Crippen molar-refractivity contribution in [3.8, 4) is 0 Å². The lowest BCUT2D eigenvalue weighted by atomic mass is 10.1. The summed E-state index contributed by atoms with van der Waals surface area (Å²) in [6.45, 7) is 0. The minimum Gasteiger partial charge on any atom is -0.326 e. The highest BCUT2D eigenvalue weighted by Gasteiger charge is 2.29. The molecular weight excluding hydrogens is 322 g/mol. The van der Waals surface area contributed by atoms with Gasteiger partial charge in [-0.05, 0) is 35.9 Å². The molecule has 2 rings (SSSR count). The molecule has 0 radical (unpaired) electrons. The van der Waals surface area contributed by atoms with Crippen LogP contribution in [-0.4, -0.2) is 5.91 Å². The van der Waals surface area contributed by atoms with E-state index in [1.807, 2.05) is 0 Å². The van der Waals surface area contributed by atoms with Crippen molar-refractivity contribution < 1.29 is 22.4 Å². The smallest absolute Gasteiger partial charge is 0.326 e. The molecule has 0 atom stereocenters. The van der Waals surface area contributed by atoms with Crippen molar-refractivity contribution >= 4 is 23.2 Å². The van der Waals surface area contributed by atoms with Crippen LogP contribution >= 0.6 is 11.6 Å². The number of anilines is 1. The molecule has 0 spiro atoms. The van der Waals surface area contributed by atoms with E-state index in [-0.39, 0.29) is 11.4 Å². The SMILES string of the molecule is O=C(Cc1ccc(C(F)(F)F)cc1)Nc1ccc(F)c(Cl)c1. The van der Waals surface area contributed by atoms with Gasteiger partial charge in [-0.1, -0.05) is 23.7 Å². The molecule has 0 saturated heterocycles. The Kier molecular flexibility index (Phi) is 4.71. The Labute approximate surface area is 128 Å². The van der Waals surface area contributed by atoms with Gasteiger partial charge in [-0.2, -0.15) is 13.2 Å². The predicted molar refractivity (Wildman–Crippen MR) is 75.2 cm³/mol. The van der Waals surface area contributed by atoms with Crippen LogP contribution in [0.2, 0.25) is 5.02 Å². The van der Waals surface area contributed by atoms with Crippen LogP contribution in [0, 0.1) is 5.82 Å². The maximum absolute atomic E-state index is 13.0. The Bertz CT molecular complexity index is 683. The van der Waals surface area contributed by atoms with E-state index in [0.29, 0.717) is 11.3 Å². The summed E-state index contributed by atoms with van der Waals surface area (Å²) in [6.07, 6.45) is -4.52. The van der Waals surface area contributed by atoms with Gasteiger partial charge in [0.15, 0.2) is 0 Å². The lowest BCUT2D eigenvalue weighted by Gasteiger charge is -2.08. The molecule has 2 nitrogen and oxygen atoms in total. The van der Waals surface area contributed by atoms with Gasteiger partial charge in [0, 0.05) is 5.69 Å². The zero-order valence-electron chi connectivity index (χ0n) is 11.0. The normalized spacial score (nSPS) is 11.3. The summed E-state index contributed by atoms with van der Waals surface area (Å²) >= 11 is 5.58. The zero-order chi connectivity index (χ0) is 16.3. The number of alkyl halides is 3. The molecule has 22 heavy (non-hydrogen) atoms. The molecule has 0 bridgehead atoms. The van der Waals surface area contributed by atoms with Crippen molar-refractivity contribution in [2.24, 2.45) is 0 Å². The first-order chi connectivity index (χ1) is 10.3. The van der Waals surface area contributed by atoms with E-state index < -0.39 is 23.5 Å². The first kappa shape index (κ1) is 16.3. The molecule has 0 aliphatic heterocycles. The molecule has 1 amide bonds. The van der Waals surface area contributed by atoms with Crippen LogP contribution in [0.4, 0.5) is 23.2 Å². The maximum Gasteiger partial charge on any atom is 0.416 e. The summed E-state index contributed by atoms with van der Waals surface area (Å²) in [5.74, 6) is -1.05. The summed E-state index contributed by atoms with van der Waals surface area (Å²) in [5, 5.41) is 2.36. The Hall–Kier alpha value is -2.08. The fraction of sp³-hybridized carbons (Fsp3) is 0.133. The van der Waals surface area contributed by atoms with E-state index in [0.717, 1.165) is 18.2 Å². The summed E-state index contributed by atoms with van der Waals surface area (Å²) in [7, 11) is 0. The molecule has 2 aromatic rings. The van der Waals surface area contributed by atoms with E-state index in [2.05, 4.69) is 5.32 Å². The lowest BCUT2D eigenvalue weighted by Crippen LogP contribution is -2.14. The summed E-state index contributed by atoms with van der Waals surface area (Å²) in [5.41, 5.74) is -0.0380. The second-order valence-corrected chi connectivity index (χ2v) is 4.96. The first-order valence-electron chi connectivity index (χ1n) is 6.17. The fourth-order valence-electron chi connectivity index (χ4n) is 1.78. The monoisotopic (exact) mass is 331 g/mol. The largest absolute Gasteiger partial charge is 0.416 e. The van der Waals surface area contributed by atoms with Crippen molar-refractivity contribution in [1.29, 1.82) is 0 Å². The van der Waals surface area contributed by atoms with Gasteiger partial charge in [0.1, 0.15) is 5.82 Å². The van der Waals surface area contributed by atoms with Gasteiger partial charge in [-0.3, -0.25) is 4.79 Å². The molecular formula is C15H10ClF4NO. The topological polar surface area (TPSA) is 29.1 Å². The van der Waals surface area contributed by atoms with Gasteiger partial charge in [0.05, 0.1) is 17.0 Å². The van der Waals surface area contributed by atoms with E-state index in [4.69, 9.17) is 11.6 Å². The molecule has 2 aromatic carbocycles. The Morgan fingerprint density at radius 1 is 1.09 bits per heavy atom. The Morgan fingerprint density at radius 2 is 1.73 bits per heavy atom. The highest BCUT2D eigenvalue weighted by Crippen LogP contribution is 2.29. The number of hydrogen-bond donors (Lipinski definition) is 1. The molecule has 0 saturated carbocycles. The van der Waals surface area contributed by atoms with Gasteiger partial charge in [0.2, 0.25) is 5.91 Å². The highest BCUT2D eigenvalue weighted by molar-refractivity contribution is 6.31. The van der Waals surface area contributed by atoms with Crippen molar-refractivity contribution in [1.82, 2.24) is 0 Å². The zero-order valence-corrected chi connectivity index (χ0v) is 11.8. The molecule has 116 valence electrons. The molecule has 7 heteroatoms. The third-order valence-corrected chi connectivity index (χ3v) is 3.14. The summed E-state index contributed by atoms with van der Waals surface area (Å²) in [6, 6.07) is 8.00. The van der Waals surface area contributed by atoms with Gasteiger partial charge in [-0.25, -0.2) is 4.39 Å². The lowest BCUT2D eigenvalue weighted by molar-refractivity contribution is -0.137. The minimum absolute atomic E-state index is 0.104. The van der Waals surface area contributed by atoms with Gasteiger partial charge in [0.25, 0.3) is 0 Å². The van der Waals surface area contributed by atoms with Crippen LogP contribution in [0.1, 0.15) is 11.1 Å². The third kappa shape index (κ3) is 4.21. The number of hydrogen-bond acceptors (Lipinski definition) is 1. The van der Waals surface area contributed by atoms with E-state index in [1.165, 1.54) is 24.3 Å². The first-order valence-corrected chi connectivity index (χ1v) is 6.54. The molecule has 0 heterocycles. The van der Waals surface area contributed by atoms with Gasteiger partial charge >= 0.3 is 6.18 Å². The van der Waals surface area contributed by atoms with Crippen molar-refractivity contribution in [3.63, 3.8) is 0 Å². The number of rotatable bonds is 3. The second kappa shape index (κ2) is 6.36.